The average molecular weight is 237 g/mol. The molecule has 0 aromatic carbocycles. The van der Waals surface area contributed by atoms with Gasteiger partial charge < -0.3 is 15.4 Å². The number of aromatic nitrogens is 1. The van der Waals surface area contributed by atoms with Crippen molar-refractivity contribution in [3.63, 3.8) is 0 Å². The van der Waals surface area contributed by atoms with Gasteiger partial charge in [-0.05, 0) is 30.9 Å². The van der Waals surface area contributed by atoms with Crippen molar-refractivity contribution >= 4 is 17.8 Å². The molecule has 17 heavy (non-hydrogen) atoms. The predicted octanol–water partition coefficient (Wildman–Crippen LogP) is 1.47. The Morgan fingerprint density at radius 1 is 1.53 bits per heavy atom. The van der Waals surface area contributed by atoms with Crippen LogP contribution in [0.1, 0.15) is 19.5 Å². The molecule has 0 spiro atoms. The van der Waals surface area contributed by atoms with E-state index in [0.29, 0.717) is 5.69 Å². The van der Waals surface area contributed by atoms with E-state index in [-0.39, 0.29) is 17.8 Å². The first-order valence-corrected chi connectivity index (χ1v) is 5.20. The van der Waals surface area contributed by atoms with Crippen molar-refractivity contribution in [1.82, 2.24) is 9.88 Å². The fourth-order valence-electron chi connectivity index (χ4n) is 1.36. The SMILES string of the molecule is CC(C)NC(=O)/C=C/c1ccc([N+](=O)[O-])n1C. The highest BCUT2D eigenvalue weighted by atomic mass is 16.6. The number of carbonyl (C=O) groups is 1. The zero-order valence-corrected chi connectivity index (χ0v) is 10.0. The summed E-state index contributed by atoms with van der Waals surface area (Å²) < 4.78 is 1.42. The van der Waals surface area contributed by atoms with Gasteiger partial charge in [-0.25, -0.2) is 4.57 Å². The van der Waals surface area contributed by atoms with Gasteiger partial charge in [-0.15, -0.1) is 0 Å². The Morgan fingerprint density at radius 3 is 2.65 bits per heavy atom. The van der Waals surface area contributed by atoms with Crippen molar-refractivity contribution in [3.8, 4) is 0 Å². The van der Waals surface area contributed by atoms with Gasteiger partial charge in [0.05, 0.1) is 7.05 Å². The maximum absolute atomic E-state index is 11.3. The van der Waals surface area contributed by atoms with Gasteiger partial charge in [0, 0.05) is 18.2 Å². The largest absolute Gasteiger partial charge is 0.358 e. The molecule has 0 saturated carbocycles. The highest BCUT2D eigenvalue weighted by Crippen LogP contribution is 2.15. The fraction of sp³-hybridized carbons (Fsp3) is 0.364. The normalized spacial score (nSPS) is 11.1. The number of carbonyl (C=O) groups excluding carboxylic acids is 1. The van der Waals surface area contributed by atoms with Crippen molar-refractivity contribution in [2.75, 3.05) is 0 Å². The zero-order chi connectivity index (χ0) is 13.0. The molecule has 1 heterocycles. The van der Waals surface area contributed by atoms with Gasteiger partial charge in [0.1, 0.15) is 5.69 Å². The van der Waals surface area contributed by atoms with Gasteiger partial charge in [0.15, 0.2) is 0 Å². The highest BCUT2D eigenvalue weighted by molar-refractivity contribution is 5.91. The summed E-state index contributed by atoms with van der Waals surface area (Å²) in [5.74, 6) is -0.224. The molecule has 0 unspecified atom stereocenters. The van der Waals surface area contributed by atoms with Crippen LogP contribution in [-0.2, 0) is 11.8 Å². The smallest absolute Gasteiger partial charge is 0.323 e. The summed E-state index contributed by atoms with van der Waals surface area (Å²) in [5, 5.41) is 13.3. The number of nitrogens with one attached hydrogen (secondary N) is 1. The molecule has 6 nitrogen and oxygen atoms in total. The van der Waals surface area contributed by atoms with E-state index in [2.05, 4.69) is 5.32 Å². The third-order valence-electron chi connectivity index (χ3n) is 2.16. The van der Waals surface area contributed by atoms with Gasteiger partial charge in [-0.2, -0.15) is 0 Å². The molecule has 92 valence electrons. The van der Waals surface area contributed by atoms with Crippen LogP contribution < -0.4 is 5.32 Å². The number of amides is 1. The first-order valence-electron chi connectivity index (χ1n) is 5.20. The molecule has 0 saturated heterocycles. The van der Waals surface area contributed by atoms with Crippen LogP contribution in [0, 0.1) is 10.1 Å². The Balaban J connectivity index is 2.79. The summed E-state index contributed by atoms with van der Waals surface area (Å²) in [5.41, 5.74) is 0.607. The molecule has 0 fully saturated rings. The second-order valence-electron chi connectivity index (χ2n) is 3.93. The Bertz CT molecular complexity index is 461. The minimum atomic E-state index is -0.467. The van der Waals surface area contributed by atoms with Gasteiger partial charge in [0.2, 0.25) is 5.91 Å². The van der Waals surface area contributed by atoms with Crippen molar-refractivity contribution in [1.29, 1.82) is 0 Å². The molecule has 0 aliphatic rings. The highest BCUT2D eigenvalue weighted by Gasteiger charge is 2.12. The first kappa shape index (κ1) is 13.0. The molecule has 6 heteroatoms. The molecule has 1 aromatic heterocycles. The van der Waals surface area contributed by atoms with Crippen molar-refractivity contribution in [3.05, 3.63) is 34.0 Å². The summed E-state index contributed by atoms with van der Waals surface area (Å²) in [7, 11) is 1.58. The van der Waals surface area contributed by atoms with Gasteiger partial charge >= 0.3 is 5.82 Å². The monoisotopic (exact) mass is 237 g/mol. The Kier molecular flexibility index (Phi) is 4.03. The molecule has 0 bridgehead atoms. The third kappa shape index (κ3) is 3.44. The Labute approximate surface area is 99.1 Å². The second kappa shape index (κ2) is 5.29. The lowest BCUT2D eigenvalue weighted by Gasteiger charge is -2.03. The lowest BCUT2D eigenvalue weighted by molar-refractivity contribution is -0.391. The maximum atomic E-state index is 11.3. The quantitative estimate of drug-likeness (QED) is 0.489. The van der Waals surface area contributed by atoms with Crippen LogP contribution in [-0.4, -0.2) is 21.4 Å². The summed E-state index contributed by atoms with van der Waals surface area (Å²) in [4.78, 5) is 21.5. The first-order chi connectivity index (χ1) is 7.91. The third-order valence-corrected chi connectivity index (χ3v) is 2.16. The molecule has 1 aromatic rings. The average Bonchev–Trinajstić information content (AvgIpc) is 2.55. The summed E-state index contributed by atoms with van der Waals surface area (Å²) in [6.45, 7) is 3.72. The van der Waals surface area contributed by atoms with Gasteiger partial charge in [-0.1, -0.05) is 0 Å². The topological polar surface area (TPSA) is 77.2 Å². The number of hydrogen-bond acceptors (Lipinski definition) is 3. The van der Waals surface area contributed by atoms with E-state index < -0.39 is 4.92 Å². The standard InChI is InChI=1S/C11H15N3O3/c1-8(2)12-10(15)6-4-9-5-7-11(13(9)3)14(16)17/h4-8H,1-3H3,(H,12,15)/b6-4+. The van der Waals surface area contributed by atoms with E-state index in [0.717, 1.165) is 0 Å². The van der Waals surface area contributed by atoms with Crippen LogP contribution in [0.25, 0.3) is 6.08 Å². The summed E-state index contributed by atoms with van der Waals surface area (Å²) in [6.07, 6.45) is 2.91. The minimum absolute atomic E-state index is 0.00563. The maximum Gasteiger partial charge on any atom is 0.323 e. The van der Waals surface area contributed by atoms with E-state index in [1.165, 1.54) is 16.7 Å². The lowest BCUT2D eigenvalue weighted by atomic mass is 10.3. The number of hydrogen-bond donors (Lipinski definition) is 1. The van der Waals surface area contributed by atoms with E-state index in [9.17, 15) is 14.9 Å². The van der Waals surface area contributed by atoms with Crippen molar-refractivity contribution < 1.29 is 9.72 Å². The van der Waals surface area contributed by atoms with Gasteiger partial charge in [-0.3, -0.25) is 4.79 Å². The second-order valence-corrected chi connectivity index (χ2v) is 3.93. The Morgan fingerprint density at radius 2 is 2.18 bits per heavy atom. The molecule has 0 aliphatic heterocycles. The fourth-order valence-corrected chi connectivity index (χ4v) is 1.36. The minimum Gasteiger partial charge on any atom is -0.358 e. The van der Waals surface area contributed by atoms with Crippen LogP contribution in [0.4, 0.5) is 5.82 Å². The molecule has 0 atom stereocenters. The van der Waals surface area contributed by atoms with Crippen LogP contribution in [0.2, 0.25) is 0 Å². The molecular formula is C11H15N3O3. The lowest BCUT2D eigenvalue weighted by Crippen LogP contribution is -2.28. The number of nitrogens with zero attached hydrogens (tertiary/aromatic N) is 2. The van der Waals surface area contributed by atoms with Gasteiger partial charge in [0.25, 0.3) is 0 Å². The summed E-state index contributed by atoms with van der Waals surface area (Å²) >= 11 is 0. The molecule has 1 amide bonds. The number of nitro groups is 1. The van der Waals surface area contributed by atoms with Crippen LogP contribution >= 0.6 is 0 Å². The van der Waals surface area contributed by atoms with E-state index >= 15 is 0 Å². The number of rotatable bonds is 4. The molecule has 0 radical (unpaired) electrons. The molecule has 1 rings (SSSR count). The van der Waals surface area contributed by atoms with Crippen LogP contribution in [0.15, 0.2) is 18.2 Å². The predicted molar refractivity (Wildman–Crippen MR) is 64.4 cm³/mol. The van der Waals surface area contributed by atoms with E-state index in [1.54, 1.807) is 19.2 Å². The van der Waals surface area contributed by atoms with Crippen molar-refractivity contribution in [2.45, 2.75) is 19.9 Å². The van der Waals surface area contributed by atoms with Crippen molar-refractivity contribution in [2.24, 2.45) is 7.05 Å². The van der Waals surface area contributed by atoms with Crippen LogP contribution in [0.5, 0.6) is 0 Å². The Hall–Kier alpha value is -2.11. The van der Waals surface area contributed by atoms with E-state index in [4.69, 9.17) is 0 Å². The molecular weight excluding hydrogens is 222 g/mol. The zero-order valence-electron chi connectivity index (χ0n) is 10.0. The molecule has 0 aliphatic carbocycles. The summed E-state index contributed by atoms with van der Waals surface area (Å²) in [6, 6.07) is 3.06. The molecule has 1 N–H and O–H groups in total. The van der Waals surface area contributed by atoms with E-state index in [1.807, 2.05) is 13.8 Å². The van der Waals surface area contributed by atoms with Crippen LogP contribution in [0.3, 0.4) is 0 Å².